The number of amides is 1. The van der Waals surface area contributed by atoms with Crippen molar-refractivity contribution in [3.05, 3.63) is 52.3 Å². The van der Waals surface area contributed by atoms with E-state index in [9.17, 15) is 9.18 Å². The van der Waals surface area contributed by atoms with Crippen LogP contribution in [-0.2, 0) is 0 Å². The van der Waals surface area contributed by atoms with Gasteiger partial charge in [-0.1, -0.05) is 15.9 Å². The van der Waals surface area contributed by atoms with Gasteiger partial charge < -0.3 is 16.8 Å². The summed E-state index contributed by atoms with van der Waals surface area (Å²) in [5, 5.41) is 2.82. The largest absolute Gasteiger partial charge is 0.399 e. The Morgan fingerprint density at radius 2 is 1.89 bits per heavy atom. The molecular formula is C13H11BrFN3O. The monoisotopic (exact) mass is 323 g/mol. The van der Waals surface area contributed by atoms with Gasteiger partial charge in [0.05, 0.1) is 16.9 Å². The molecule has 0 spiro atoms. The maximum atomic E-state index is 13.7. The molecule has 0 fully saturated rings. The topological polar surface area (TPSA) is 81.1 Å². The Hall–Kier alpha value is -2.08. The smallest absolute Gasteiger partial charge is 0.250 e. The standard InChI is InChI=1S/C13H11BrFN3O/c14-7-1-4-10(15)12(5-7)18-11-6-8(16)2-3-9(11)13(17)19/h1-6,18H,16H2,(H2,17,19). The molecule has 2 aromatic carbocycles. The summed E-state index contributed by atoms with van der Waals surface area (Å²) in [4.78, 5) is 11.3. The average molecular weight is 324 g/mol. The van der Waals surface area contributed by atoms with Gasteiger partial charge in [-0.05, 0) is 36.4 Å². The van der Waals surface area contributed by atoms with Gasteiger partial charge in [0.15, 0.2) is 0 Å². The molecule has 0 saturated carbocycles. The molecule has 1 amide bonds. The number of anilines is 3. The number of carbonyl (C=O) groups excluding carboxylic acids is 1. The molecule has 2 rings (SSSR count). The van der Waals surface area contributed by atoms with Crippen molar-refractivity contribution in [3.63, 3.8) is 0 Å². The molecule has 0 aromatic heterocycles. The van der Waals surface area contributed by atoms with E-state index in [1.54, 1.807) is 18.2 Å². The van der Waals surface area contributed by atoms with Gasteiger partial charge in [0, 0.05) is 10.2 Å². The van der Waals surface area contributed by atoms with Crippen molar-refractivity contribution in [2.75, 3.05) is 11.1 Å². The van der Waals surface area contributed by atoms with Gasteiger partial charge in [-0.15, -0.1) is 0 Å². The number of carbonyl (C=O) groups is 1. The van der Waals surface area contributed by atoms with E-state index in [0.29, 0.717) is 15.8 Å². The maximum Gasteiger partial charge on any atom is 0.250 e. The van der Waals surface area contributed by atoms with Gasteiger partial charge in [-0.2, -0.15) is 0 Å². The second kappa shape index (κ2) is 5.27. The number of nitrogens with two attached hydrogens (primary N) is 2. The molecule has 0 aliphatic heterocycles. The number of nitrogen functional groups attached to an aromatic ring is 1. The summed E-state index contributed by atoms with van der Waals surface area (Å²) < 4.78 is 14.4. The summed E-state index contributed by atoms with van der Waals surface area (Å²) in [6.07, 6.45) is 0. The summed E-state index contributed by atoms with van der Waals surface area (Å²) >= 11 is 3.25. The minimum atomic E-state index is -0.613. The zero-order valence-electron chi connectivity index (χ0n) is 9.78. The molecule has 0 heterocycles. The third-order valence-corrected chi connectivity index (χ3v) is 3.00. The van der Waals surface area contributed by atoms with Crippen molar-refractivity contribution >= 4 is 38.9 Å². The van der Waals surface area contributed by atoms with Crippen LogP contribution in [0, 0.1) is 5.82 Å². The fourth-order valence-corrected chi connectivity index (χ4v) is 1.98. The lowest BCUT2D eigenvalue weighted by Gasteiger charge is -2.12. The molecule has 0 aliphatic rings. The second-order valence-corrected chi connectivity index (χ2v) is 4.83. The Morgan fingerprint density at radius 3 is 2.58 bits per heavy atom. The van der Waals surface area contributed by atoms with Crippen LogP contribution in [0.3, 0.4) is 0 Å². The molecule has 5 N–H and O–H groups in total. The van der Waals surface area contributed by atoms with Crippen molar-refractivity contribution in [2.24, 2.45) is 5.73 Å². The van der Waals surface area contributed by atoms with Crippen LogP contribution in [0.4, 0.5) is 21.5 Å². The Kier molecular flexibility index (Phi) is 3.71. The van der Waals surface area contributed by atoms with E-state index < -0.39 is 11.7 Å². The summed E-state index contributed by atoms with van der Waals surface area (Å²) in [5.41, 5.74) is 12.2. The number of rotatable bonds is 3. The van der Waals surface area contributed by atoms with Gasteiger partial charge in [0.1, 0.15) is 5.82 Å². The van der Waals surface area contributed by atoms with E-state index in [1.807, 2.05) is 0 Å². The van der Waals surface area contributed by atoms with E-state index in [2.05, 4.69) is 21.2 Å². The Morgan fingerprint density at radius 1 is 1.16 bits per heavy atom. The molecule has 98 valence electrons. The van der Waals surface area contributed by atoms with Crippen LogP contribution >= 0.6 is 15.9 Å². The van der Waals surface area contributed by atoms with Crippen molar-refractivity contribution in [1.82, 2.24) is 0 Å². The molecule has 4 nitrogen and oxygen atoms in total. The first-order valence-electron chi connectivity index (χ1n) is 5.39. The lowest BCUT2D eigenvalue weighted by Crippen LogP contribution is -2.13. The molecule has 0 unspecified atom stereocenters. The highest BCUT2D eigenvalue weighted by Gasteiger charge is 2.11. The minimum Gasteiger partial charge on any atom is -0.399 e. The van der Waals surface area contributed by atoms with Gasteiger partial charge in [-0.3, -0.25) is 4.79 Å². The van der Waals surface area contributed by atoms with Crippen LogP contribution in [0.25, 0.3) is 0 Å². The average Bonchev–Trinajstić information content (AvgIpc) is 2.33. The van der Waals surface area contributed by atoms with Crippen LogP contribution in [-0.4, -0.2) is 5.91 Å². The number of halogens is 2. The highest BCUT2D eigenvalue weighted by molar-refractivity contribution is 9.10. The minimum absolute atomic E-state index is 0.225. The van der Waals surface area contributed by atoms with Gasteiger partial charge in [0.2, 0.25) is 0 Å². The number of hydrogen-bond donors (Lipinski definition) is 3. The van der Waals surface area contributed by atoms with E-state index in [-0.39, 0.29) is 11.3 Å². The fraction of sp³-hybridized carbons (Fsp3) is 0. The van der Waals surface area contributed by atoms with Crippen LogP contribution in [0.5, 0.6) is 0 Å². The van der Waals surface area contributed by atoms with E-state index in [1.165, 1.54) is 18.2 Å². The number of primary amides is 1. The molecule has 0 saturated heterocycles. The van der Waals surface area contributed by atoms with Gasteiger partial charge in [0.25, 0.3) is 5.91 Å². The van der Waals surface area contributed by atoms with Gasteiger partial charge in [-0.25, -0.2) is 4.39 Å². The fourth-order valence-electron chi connectivity index (χ4n) is 1.62. The third-order valence-electron chi connectivity index (χ3n) is 2.51. The van der Waals surface area contributed by atoms with Crippen LogP contribution in [0.15, 0.2) is 40.9 Å². The van der Waals surface area contributed by atoms with Crippen LogP contribution < -0.4 is 16.8 Å². The number of hydrogen-bond acceptors (Lipinski definition) is 3. The van der Waals surface area contributed by atoms with Crippen molar-refractivity contribution in [2.45, 2.75) is 0 Å². The third kappa shape index (κ3) is 3.03. The summed E-state index contributed by atoms with van der Waals surface area (Å²) in [7, 11) is 0. The van der Waals surface area contributed by atoms with E-state index >= 15 is 0 Å². The zero-order valence-corrected chi connectivity index (χ0v) is 11.4. The second-order valence-electron chi connectivity index (χ2n) is 3.92. The Labute approximate surface area is 117 Å². The van der Waals surface area contributed by atoms with Gasteiger partial charge >= 0.3 is 0 Å². The summed E-state index contributed by atoms with van der Waals surface area (Å²) in [6.45, 7) is 0. The predicted octanol–water partition coefficient (Wildman–Crippen LogP) is 3.01. The number of benzene rings is 2. The molecule has 19 heavy (non-hydrogen) atoms. The molecule has 2 aromatic rings. The van der Waals surface area contributed by atoms with Crippen molar-refractivity contribution < 1.29 is 9.18 Å². The lowest BCUT2D eigenvalue weighted by molar-refractivity contribution is 0.100. The summed E-state index contributed by atoms with van der Waals surface area (Å²) in [6, 6.07) is 9.03. The molecule has 6 heteroatoms. The molecule has 0 bridgehead atoms. The first-order chi connectivity index (χ1) is 8.97. The summed E-state index contributed by atoms with van der Waals surface area (Å²) in [5.74, 6) is -1.06. The number of nitrogens with one attached hydrogen (secondary N) is 1. The lowest BCUT2D eigenvalue weighted by atomic mass is 10.1. The molecule has 0 radical (unpaired) electrons. The van der Waals surface area contributed by atoms with Crippen LogP contribution in [0.1, 0.15) is 10.4 Å². The Balaban J connectivity index is 2.45. The van der Waals surface area contributed by atoms with E-state index in [0.717, 1.165) is 0 Å². The molecular weight excluding hydrogens is 313 g/mol. The SMILES string of the molecule is NC(=O)c1ccc(N)cc1Nc1cc(Br)ccc1F. The molecule has 0 atom stereocenters. The van der Waals surface area contributed by atoms with Crippen molar-refractivity contribution in [3.8, 4) is 0 Å². The zero-order chi connectivity index (χ0) is 14.0. The van der Waals surface area contributed by atoms with E-state index in [4.69, 9.17) is 11.5 Å². The Bertz CT molecular complexity index is 646. The highest BCUT2D eigenvalue weighted by Crippen LogP contribution is 2.27. The van der Waals surface area contributed by atoms with Crippen molar-refractivity contribution in [1.29, 1.82) is 0 Å². The first-order valence-corrected chi connectivity index (χ1v) is 6.18. The quantitative estimate of drug-likeness (QED) is 0.759. The first kappa shape index (κ1) is 13.4. The van der Waals surface area contributed by atoms with Crippen LogP contribution in [0.2, 0.25) is 0 Å². The normalized spacial score (nSPS) is 10.2. The predicted molar refractivity (Wildman–Crippen MR) is 76.8 cm³/mol. The maximum absolute atomic E-state index is 13.7. The molecule has 0 aliphatic carbocycles. The highest BCUT2D eigenvalue weighted by atomic mass is 79.9.